The lowest BCUT2D eigenvalue weighted by Crippen LogP contribution is -2.36. The lowest BCUT2D eigenvalue weighted by molar-refractivity contribution is 0.00937. The van der Waals surface area contributed by atoms with Gasteiger partial charge in [-0.3, -0.25) is 4.79 Å². The fourth-order valence-electron chi connectivity index (χ4n) is 3.41. The van der Waals surface area contributed by atoms with E-state index in [1.807, 2.05) is 0 Å². The predicted octanol–water partition coefficient (Wildman–Crippen LogP) is 1.67. The minimum atomic E-state index is -0.504. The molecule has 2 atom stereocenters. The van der Waals surface area contributed by atoms with E-state index < -0.39 is 11.4 Å². The third-order valence-corrected chi connectivity index (χ3v) is 4.69. The monoisotopic (exact) mass is 363 g/mol. The molecule has 9 heteroatoms. The zero-order valence-electron chi connectivity index (χ0n) is 14.2. The molecule has 0 radical (unpaired) electrons. The molecule has 2 aromatic rings. The van der Waals surface area contributed by atoms with Crippen molar-refractivity contribution in [3.8, 4) is 11.8 Å². The van der Waals surface area contributed by atoms with Gasteiger partial charge < -0.3 is 23.6 Å². The molecular weight excluding hydrogens is 345 g/mol. The maximum absolute atomic E-state index is 13.7. The first-order chi connectivity index (χ1) is 12.6. The summed E-state index contributed by atoms with van der Waals surface area (Å²) in [6.07, 6.45) is 2.41. The van der Waals surface area contributed by atoms with Crippen molar-refractivity contribution in [3.05, 3.63) is 36.0 Å². The molecule has 1 amide bonds. The average molecular weight is 363 g/mol. The number of hydrogen-bond acceptors (Lipinski definition) is 7. The first-order valence-electron chi connectivity index (χ1n) is 8.30. The van der Waals surface area contributed by atoms with E-state index >= 15 is 0 Å². The summed E-state index contributed by atoms with van der Waals surface area (Å²) in [7, 11) is 1.45. The van der Waals surface area contributed by atoms with Gasteiger partial charge in [-0.1, -0.05) is 0 Å². The number of ether oxygens (including phenoxy) is 3. The third kappa shape index (κ3) is 3.10. The molecule has 2 aliphatic heterocycles. The highest BCUT2D eigenvalue weighted by Crippen LogP contribution is 2.37. The molecule has 2 fully saturated rings. The molecule has 2 aromatic heterocycles. The van der Waals surface area contributed by atoms with Crippen molar-refractivity contribution in [1.29, 1.82) is 0 Å². The molecule has 0 aliphatic carbocycles. The summed E-state index contributed by atoms with van der Waals surface area (Å²) in [5.74, 6) is -0.416. The highest BCUT2D eigenvalue weighted by atomic mass is 19.1. The summed E-state index contributed by atoms with van der Waals surface area (Å²) in [6, 6.07) is 4.27. The van der Waals surface area contributed by atoms with Crippen LogP contribution in [0.15, 0.2) is 28.9 Å². The molecule has 4 rings (SSSR count). The van der Waals surface area contributed by atoms with Gasteiger partial charge in [0.25, 0.3) is 17.7 Å². The number of pyridine rings is 1. The van der Waals surface area contributed by atoms with Crippen LogP contribution in [0.2, 0.25) is 0 Å². The van der Waals surface area contributed by atoms with Crippen molar-refractivity contribution in [2.75, 3.05) is 26.8 Å². The van der Waals surface area contributed by atoms with Gasteiger partial charge in [-0.05, 0) is 23.7 Å². The maximum atomic E-state index is 13.7. The van der Waals surface area contributed by atoms with Crippen molar-refractivity contribution in [1.82, 2.24) is 15.0 Å². The summed E-state index contributed by atoms with van der Waals surface area (Å²) in [4.78, 5) is 18.1. The zero-order valence-corrected chi connectivity index (χ0v) is 14.2. The molecule has 8 nitrogen and oxygen atoms in total. The van der Waals surface area contributed by atoms with Crippen LogP contribution in [0.4, 0.5) is 4.39 Å². The van der Waals surface area contributed by atoms with Crippen LogP contribution in [0.25, 0.3) is 0 Å². The molecule has 0 unspecified atom stereocenters. The number of carbonyl (C=O) groups excluding carboxylic acids is 1. The van der Waals surface area contributed by atoms with Gasteiger partial charge in [-0.2, -0.15) is 0 Å². The number of nitrogens with zero attached hydrogens (tertiary/aromatic N) is 3. The van der Waals surface area contributed by atoms with Crippen molar-refractivity contribution >= 4 is 5.91 Å². The minimum Gasteiger partial charge on any atom is -0.479 e. The smallest absolute Gasteiger partial charge is 0.292 e. The average Bonchev–Trinajstić information content (AvgIpc) is 3.37. The molecule has 0 aromatic carbocycles. The Bertz CT molecular complexity index is 813. The van der Waals surface area contributed by atoms with Crippen LogP contribution in [0.1, 0.15) is 23.4 Å². The SMILES string of the molecule is COc1cc(C(=O)N2CC[C@]3(C[C@@H](Oc4ncccc4F)CO3)C2)on1. The van der Waals surface area contributed by atoms with Gasteiger partial charge in [0.2, 0.25) is 5.76 Å². The van der Waals surface area contributed by atoms with E-state index in [9.17, 15) is 9.18 Å². The molecular formula is C17H18FN3O5. The van der Waals surface area contributed by atoms with E-state index in [1.54, 1.807) is 4.90 Å². The highest BCUT2D eigenvalue weighted by molar-refractivity contribution is 5.92. The Kier molecular flexibility index (Phi) is 4.23. The van der Waals surface area contributed by atoms with Crippen molar-refractivity contribution < 1.29 is 27.9 Å². The lowest BCUT2D eigenvalue weighted by atomic mass is 9.98. The second kappa shape index (κ2) is 6.56. The largest absolute Gasteiger partial charge is 0.479 e. The Balaban J connectivity index is 1.39. The quantitative estimate of drug-likeness (QED) is 0.816. The number of amides is 1. The van der Waals surface area contributed by atoms with Crippen LogP contribution in [0.5, 0.6) is 11.8 Å². The fourth-order valence-corrected chi connectivity index (χ4v) is 3.41. The Morgan fingerprint density at radius 1 is 1.50 bits per heavy atom. The van der Waals surface area contributed by atoms with Crippen molar-refractivity contribution in [2.45, 2.75) is 24.5 Å². The Labute approximate surface area is 148 Å². The van der Waals surface area contributed by atoms with E-state index in [1.165, 1.54) is 31.5 Å². The van der Waals surface area contributed by atoms with E-state index in [4.69, 9.17) is 18.7 Å². The van der Waals surface area contributed by atoms with Gasteiger partial charge in [0.15, 0.2) is 5.82 Å². The van der Waals surface area contributed by atoms with Gasteiger partial charge in [0.05, 0.1) is 31.9 Å². The van der Waals surface area contributed by atoms with Crippen molar-refractivity contribution in [2.24, 2.45) is 0 Å². The fraction of sp³-hybridized carbons (Fsp3) is 0.471. The van der Waals surface area contributed by atoms with Crippen LogP contribution >= 0.6 is 0 Å². The molecule has 2 saturated heterocycles. The number of hydrogen-bond donors (Lipinski definition) is 0. The summed E-state index contributed by atoms with van der Waals surface area (Å²) in [6.45, 7) is 1.28. The number of carbonyl (C=O) groups is 1. The summed E-state index contributed by atoms with van der Waals surface area (Å²) in [5, 5.41) is 3.64. The van der Waals surface area contributed by atoms with Crippen LogP contribution in [-0.4, -0.2) is 59.5 Å². The first-order valence-corrected chi connectivity index (χ1v) is 8.30. The number of aromatic nitrogens is 2. The summed E-state index contributed by atoms with van der Waals surface area (Å²) < 4.78 is 35.2. The predicted molar refractivity (Wildman–Crippen MR) is 85.5 cm³/mol. The number of rotatable bonds is 4. The van der Waals surface area contributed by atoms with Crippen LogP contribution in [0.3, 0.4) is 0 Å². The van der Waals surface area contributed by atoms with Crippen LogP contribution < -0.4 is 9.47 Å². The number of likely N-dealkylation sites (tertiary alicyclic amines) is 1. The molecule has 4 heterocycles. The van der Waals surface area contributed by atoms with Crippen molar-refractivity contribution in [3.63, 3.8) is 0 Å². The van der Waals surface area contributed by atoms with Gasteiger partial charge in [-0.25, -0.2) is 9.37 Å². The topological polar surface area (TPSA) is 86.9 Å². The molecule has 0 N–H and O–H groups in total. The zero-order chi connectivity index (χ0) is 18.1. The maximum Gasteiger partial charge on any atom is 0.292 e. The van der Waals surface area contributed by atoms with Gasteiger partial charge in [-0.15, -0.1) is 0 Å². The molecule has 138 valence electrons. The molecule has 2 aliphatic rings. The summed E-state index contributed by atoms with van der Waals surface area (Å²) in [5.41, 5.74) is -0.490. The summed E-state index contributed by atoms with van der Waals surface area (Å²) >= 11 is 0. The standard InChI is InChI=1S/C17H18FN3O5/c1-23-14-7-13(26-20-14)16(22)21-6-4-17(10-21)8-11(9-24-17)25-15-12(18)3-2-5-19-15/h2-3,5,7,11H,4,6,8-10H2,1H3/t11-,17+/m1/s1. The van der Waals surface area contributed by atoms with E-state index in [0.29, 0.717) is 32.5 Å². The van der Waals surface area contributed by atoms with Gasteiger partial charge in [0.1, 0.15) is 6.10 Å². The lowest BCUT2D eigenvalue weighted by Gasteiger charge is -2.22. The molecule has 0 bridgehead atoms. The van der Waals surface area contributed by atoms with Gasteiger partial charge >= 0.3 is 0 Å². The van der Waals surface area contributed by atoms with Crippen LogP contribution in [-0.2, 0) is 4.74 Å². The van der Waals surface area contributed by atoms with E-state index in [2.05, 4.69) is 10.1 Å². The second-order valence-electron chi connectivity index (χ2n) is 6.44. The van der Waals surface area contributed by atoms with E-state index in [0.717, 1.165) is 0 Å². The van der Waals surface area contributed by atoms with Crippen LogP contribution in [0, 0.1) is 5.82 Å². The normalized spacial score (nSPS) is 25.0. The first kappa shape index (κ1) is 16.8. The minimum absolute atomic E-state index is 0.0298. The Morgan fingerprint density at radius 3 is 3.15 bits per heavy atom. The number of methoxy groups -OCH3 is 1. The van der Waals surface area contributed by atoms with Gasteiger partial charge in [0, 0.05) is 19.2 Å². The molecule has 0 saturated carbocycles. The Morgan fingerprint density at radius 2 is 2.38 bits per heavy atom. The highest BCUT2D eigenvalue weighted by Gasteiger charge is 2.48. The Hall–Kier alpha value is -2.68. The molecule has 26 heavy (non-hydrogen) atoms. The number of halogens is 1. The second-order valence-corrected chi connectivity index (χ2v) is 6.44. The third-order valence-electron chi connectivity index (χ3n) is 4.69. The van der Waals surface area contributed by atoms with E-state index in [-0.39, 0.29) is 29.5 Å². The molecule has 1 spiro atoms.